The summed E-state index contributed by atoms with van der Waals surface area (Å²) in [5.41, 5.74) is 0.881. The van der Waals surface area contributed by atoms with Gasteiger partial charge in [0.1, 0.15) is 11.3 Å². The Hall–Kier alpha value is -1.82. The van der Waals surface area contributed by atoms with Gasteiger partial charge in [0, 0.05) is 17.3 Å². The standard InChI is InChI=1S/C19H31N3O3/c1-4-22(5-2)12-8-9-13(3)20-18(24)16-17(23)14-10-6-7-11-15(14)21-19(16)25/h13H,4-12H2,1-3H3,(H,20,24)(H2,21,23,25)/p+1/t13-/m1/s1. The van der Waals surface area contributed by atoms with Crippen molar-refractivity contribution in [3.05, 3.63) is 27.2 Å². The van der Waals surface area contributed by atoms with Crippen LogP contribution in [0.1, 0.15) is 68.1 Å². The zero-order valence-corrected chi connectivity index (χ0v) is 15.7. The molecule has 6 heteroatoms. The summed E-state index contributed by atoms with van der Waals surface area (Å²) in [5.74, 6) is -0.606. The fraction of sp³-hybridized carbons (Fsp3) is 0.684. The number of aromatic hydroxyl groups is 1. The number of carbonyl (C=O) groups is 1. The summed E-state index contributed by atoms with van der Waals surface area (Å²) < 4.78 is 0. The maximum Gasteiger partial charge on any atom is 0.264 e. The van der Waals surface area contributed by atoms with Gasteiger partial charge in [0.2, 0.25) is 0 Å². The van der Waals surface area contributed by atoms with Gasteiger partial charge in [-0.2, -0.15) is 0 Å². The van der Waals surface area contributed by atoms with Crippen LogP contribution in [0.4, 0.5) is 0 Å². The molecule has 1 amide bonds. The molecule has 2 rings (SSSR count). The Morgan fingerprint density at radius 3 is 2.64 bits per heavy atom. The highest BCUT2D eigenvalue weighted by Gasteiger charge is 2.24. The first-order valence-corrected chi connectivity index (χ1v) is 9.59. The number of carbonyl (C=O) groups excluding carboxylic acids is 1. The van der Waals surface area contributed by atoms with Crippen LogP contribution >= 0.6 is 0 Å². The van der Waals surface area contributed by atoms with Crippen LogP contribution < -0.4 is 15.8 Å². The van der Waals surface area contributed by atoms with Gasteiger partial charge in [-0.3, -0.25) is 9.59 Å². The molecule has 0 saturated carbocycles. The van der Waals surface area contributed by atoms with Crippen LogP contribution in [-0.2, 0) is 12.8 Å². The third kappa shape index (κ3) is 4.84. The monoisotopic (exact) mass is 350 g/mol. The molecule has 6 nitrogen and oxygen atoms in total. The summed E-state index contributed by atoms with van der Waals surface area (Å²) in [7, 11) is 0. The highest BCUT2D eigenvalue weighted by atomic mass is 16.3. The van der Waals surface area contributed by atoms with E-state index in [4.69, 9.17) is 0 Å². The van der Waals surface area contributed by atoms with E-state index in [1.165, 1.54) is 0 Å². The second-order valence-electron chi connectivity index (χ2n) is 7.07. The second kappa shape index (κ2) is 9.04. The molecule has 25 heavy (non-hydrogen) atoms. The number of pyridine rings is 1. The lowest BCUT2D eigenvalue weighted by molar-refractivity contribution is -0.896. The summed E-state index contributed by atoms with van der Waals surface area (Å²) in [4.78, 5) is 29.1. The summed E-state index contributed by atoms with van der Waals surface area (Å²) >= 11 is 0. The molecule has 1 aromatic heterocycles. The fourth-order valence-electron chi connectivity index (χ4n) is 3.60. The highest BCUT2D eigenvalue weighted by molar-refractivity contribution is 5.97. The van der Waals surface area contributed by atoms with E-state index in [0.29, 0.717) is 6.42 Å². The van der Waals surface area contributed by atoms with Gasteiger partial charge in [-0.1, -0.05) is 0 Å². The Bertz CT molecular complexity index is 650. The molecule has 4 N–H and O–H groups in total. The lowest BCUT2D eigenvalue weighted by atomic mass is 9.93. The minimum absolute atomic E-state index is 0.0303. The Morgan fingerprint density at radius 2 is 1.96 bits per heavy atom. The van der Waals surface area contributed by atoms with Gasteiger partial charge < -0.3 is 20.3 Å². The second-order valence-corrected chi connectivity index (χ2v) is 7.07. The van der Waals surface area contributed by atoms with E-state index >= 15 is 0 Å². The van der Waals surface area contributed by atoms with E-state index < -0.39 is 11.5 Å². The van der Waals surface area contributed by atoms with Gasteiger partial charge in [-0.05, 0) is 59.3 Å². The highest BCUT2D eigenvalue weighted by Crippen LogP contribution is 2.28. The first-order valence-electron chi connectivity index (χ1n) is 9.59. The molecule has 1 atom stereocenters. The van der Waals surface area contributed by atoms with Crippen molar-refractivity contribution in [2.45, 2.75) is 65.3 Å². The predicted molar refractivity (Wildman–Crippen MR) is 98.4 cm³/mol. The fourth-order valence-corrected chi connectivity index (χ4v) is 3.60. The topological polar surface area (TPSA) is 86.6 Å². The van der Waals surface area contributed by atoms with Crippen LogP contribution in [0.2, 0.25) is 0 Å². The first kappa shape index (κ1) is 19.5. The largest absolute Gasteiger partial charge is 0.507 e. The SMILES string of the molecule is CC[NH+](CC)CCC[C@@H](C)NC(=O)c1c(O)c2c([nH]c1=O)CCCC2. The molecule has 0 aromatic carbocycles. The molecule has 0 radical (unpaired) electrons. The van der Waals surface area contributed by atoms with Gasteiger partial charge in [0.05, 0.1) is 19.6 Å². The van der Waals surface area contributed by atoms with E-state index in [0.717, 1.165) is 63.0 Å². The van der Waals surface area contributed by atoms with Crippen LogP contribution in [0.3, 0.4) is 0 Å². The molecule has 0 spiro atoms. The third-order valence-electron chi connectivity index (χ3n) is 5.25. The number of H-pyrrole nitrogens is 1. The Morgan fingerprint density at radius 1 is 1.28 bits per heavy atom. The van der Waals surface area contributed by atoms with Gasteiger partial charge >= 0.3 is 0 Å². The Labute approximate surface area is 149 Å². The Balaban J connectivity index is 2.00. The van der Waals surface area contributed by atoms with Crippen LogP contribution in [0.15, 0.2) is 4.79 Å². The normalized spacial score (nSPS) is 15.0. The van der Waals surface area contributed by atoms with E-state index in [1.54, 1.807) is 4.90 Å². The van der Waals surface area contributed by atoms with E-state index in [2.05, 4.69) is 24.1 Å². The summed E-state index contributed by atoms with van der Waals surface area (Å²) in [6, 6.07) is -0.0303. The Kier molecular flexibility index (Phi) is 7.05. The van der Waals surface area contributed by atoms with Crippen LogP contribution in [0.25, 0.3) is 0 Å². The van der Waals surface area contributed by atoms with Crippen molar-refractivity contribution in [1.29, 1.82) is 0 Å². The van der Waals surface area contributed by atoms with Crippen molar-refractivity contribution >= 4 is 5.91 Å². The molecule has 1 aromatic rings. The summed E-state index contributed by atoms with van der Waals surface area (Å²) in [5, 5.41) is 13.3. The molecule has 1 aliphatic carbocycles. The number of aryl methyl sites for hydroxylation is 1. The van der Waals surface area contributed by atoms with Crippen LogP contribution in [0, 0.1) is 0 Å². The van der Waals surface area contributed by atoms with Gasteiger partial charge in [0.25, 0.3) is 11.5 Å². The molecule has 1 aliphatic rings. The first-order chi connectivity index (χ1) is 12.0. The predicted octanol–water partition coefficient (Wildman–Crippen LogP) is 0.782. The van der Waals surface area contributed by atoms with Crippen molar-refractivity contribution in [3.8, 4) is 5.75 Å². The van der Waals surface area contributed by atoms with E-state index in [-0.39, 0.29) is 17.4 Å². The number of amides is 1. The lowest BCUT2D eigenvalue weighted by Gasteiger charge is -2.20. The summed E-state index contributed by atoms with van der Waals surface area (Å²) in [6.45, 7) is 9.59. The smallest absolute Gasteiger partial charge is 0.264 e. The zero-order valence-electron chi connectivity index (χ0n) is 15.7. The van der Waals surface area contributed by atoms with Crippen molar-refractivity contribution < 1.29 is 14.8 Å². The molecule has 0 aliphatic heterocycles. The van der Waals surface area contributed by atoms with Crippen molar-refractivity contribution in [2.24, 2.45) is 0 Å². The summed E-state index contributed by atoms with van der Waals surface area (Å²) in [6.07, 6.45) is 5.31. The van der Waals surface area contributed by atoms with Crippen molar-refractivity contribution in [3.63, 3.8) is 0 Å². The maximum absolute atomic E-state index is 12.5. The minimum atomic E-state index is -0.490. The third-order valence-corrected chi connectivity index (χ3v) is 5.25. The number of hydrogen-bond acceptors (Lipinski definition) is 3. The zero-order chi connectivity index (χ0) is 18.4. The average Bonchev–Trinajstić information content (AvgIpc) is 2.58. The molecule has 0 unspecified atom stereocenters. The van der Waals surface area contributed by atoms with Gasteiger partial charge in [0.15, 0.2) is 0 Å². The van der Waals surface area contributed by atoms with Gasteiger partial charge in [-0.25, -0.2) is 0 Å². The van der Waals surface area contributed by atoms with Crippen LogP contribution in [0.5, 0.6) is 5.75 Å². The number of fused-ring (bicyclic) bond motifs is 1. The number of aromatic nitrogens is 1. The van der Waals surface area contributed by atoms with Crippen molar-refractivity contribution in [2.75, 3.05) is 19.6 Å². The maximum atomic E-state index is 12.5. The number of rotatable bonds is 8. The van der Waals surface area contributed by atoms with E-state index in [9.17, 15) is 14.7 Å². The molecule has 1 heterocycles. The van der Waals surface area contributed by atoms with E-state index in [1.807, 2.05) is 6.92 Å². The molecular weight excluding hydrogens is 318 g/mol. The molecule has 0 saturated heterocycles. The minimum Gasteiger partial charge on any atom is -0.507 e. The lowest BCUT2D eigenvalue weighted by Crippen LogP contribution is -3.11. The molecule has 140 valence electrons. The van der Waals surface area contributed by atoms with Crippen LogP contribution in [-0.4, -0.2) is 41.7 Å². The molecular formula is C19H32N3O3+. The number of aromatic amines is 1. The van der Waals surface area contributed by atoms with Crippen molar-refractivity contribution in [1.82, 2.24) is 10.3 Å². The number of nitrogens with one attached hydrogen (secondary N) is 3. The number of hydrogen-bond donors (Lipinski definition) is 4. The average molecular weight is 350 g/mol. The molecule has 0 bridgehead atoms. The quantitative estimate of drug-likeness (QED) is 0.559. The number of quaternary nitrogens is 1. The molecule has 0 fully saturated rings. The van der Waals surface area contributed by atoms with Gasteiger partial charge in [-0.15, -0.1) is 0 Å².